The van der Waals surface area contributed by atoms with Gasteiger partial charge in [-0.3, -0.25) is 24.0 Å². The summed E-state index contributed by atoms with van der Waals surface area (Å²) in [6.07, 6.45) is 22.8. The highest BCUT2D eigenvalue weighted by molar-refractivity contribution is 5.84. The third kappa shape index (κ3) is 31.4. The molecule has 0 aliphatic rings. The van der Waals surface area contributed by atoms with E-state index in [1.807, 2.05) is 6.92 Å². The van der Waals surface area contributed by atoms with Crippen molar-refractivity contribution in [3.63, 3.8) is 0 Å². The van der Waals surface area contributed by atoms with E-state index in [0.29, 0.717) is 13.0 Å². The third-order valence-electron chi connectivity index (χ3n) is 9.15. The van der Waals surface area contributed by atoms with E-state index >= 15 is 0 Å². The monoisotopic (exact) mass is 697 g/mol. The number of hydrogen-bond donors (Lipinski definition) is 3. The zero-order chi connectivity index (χ0) is 36.4. The van der Waals surface area contributed by atoms with Crippen molar-refractivity contribution in [3.05, 3.63) is 0 Å². The highest BCUT2D eigenvalue weighted by Crippen LogP contribution is 2.17. The van der Waals surface area contributed by atoms with Gasteiger partial charge in [0.15, 0.2) is 0 Å². The van der Waals surface area contributed by atoms with Crippen LogP contribution in [-0.4, -0.2) is 74.0 Å². The van der Waals surface area contributed by atoms with Gasteiger partial charge in [0.05, 0.1) is 25.7 Å². The van der Waals surface area contributed by atoms with Crippen molar-refractivity contribution < 1.29 is 38.6 Å². The molecule has 49 heavy (non-hydrogen) atoms. The minimum atomic E-state index is -1.04. The summed E-state index contributed by atoms with van der Waals surface area (Å²) < 4.78 is 10.7. The normalized spacial score (nSPS) is 12.4. The Bertz CT molecular complexity index is 866. The van der Waals surface area contributed by atoms with Crippen LogP contribution in [0.15, 0.2) is 0 Å². The zero-order valence-corrected chi connectivity index (χ0v) is 31.5. The van der Waals surface area contributed by atoms with Gasteiger partial charge in [0.2, 0.25) is 11.8 Å². The van der Waals surface area contributed by atoms with Gasteiger partial charge in [-0.25, -0.2) is 0 Å². The molecule has 1 unspecified atom stereocenters. The summed E-state index contributed by atoms with van der Waals surface area (Å²) in [7, 11) is 0. The van der Waals surface area contributed by atoms with Crippen LogP contribution in [-0.2, 0) is 33.4 Å². The summed E-state index contributed by atoms with van der Waals surface area (Å²) in [6.45, 7) is 7.44. The fraction of sp³-hybridized carbons (Fsp3) is 0.872. The van der Waals surface area contributed by atoms with Crippen LogP contribution in [0.1, 0.15) is 168 Å². The highest BCUT2D eigenvalue weighted by atomic mass is 16.5. The maximum absolute atomic E-state index is 12.4. The number of carbonyl (C=O) groups is 5. The number of amides is 2. The number of nitrogens with one attached hydrogen (secondary N) is 2. The van der Waals surface area contributed by atoms with E-state index in [0.717, 1.165) is 44.9 Å². The predicted molar refractivity (Wildman–Crippen MR) is 196 cm³/mol. The number of rotatable bonds is 37. The fourth-order valence-corrected chi connectivity index (χ4v) is 5.91. The Hall–Kier alpha value is -2.33. The molecule has 2 atom stereocenters. The number of carboxylic acid groups (broad SMARTS) is 1. The molecule has 0 fully saturated rings. The van der Waals surface area contributed by atoms with Crippen molar-refractivity contribution >= 4 is 29.4 Å². The number of carboxylic acids is 1. The Morgan fingerprint density at radius 1 is 0.571 bits per heavy atom. The second kappa shape index (κ2) is 34.1. The SMILES string of the molecule is CCCCCCCCCCCCCCCCCC(=O)C[C@@H](CCC(=O)NCCOCCOCC(=O)NCCCCC(CC)C(C)=O)C(=O)O. The first-order chi connectivity index (χ1) is 23.7. The number of aliphatic carboxylic acids is 1. The molecule has 0 rings (SSSR count). The first-order valence-corrected chi connectivity index (χ1v) is 19.6. The third-order valence-corrected chi connectivity index (χ3v) is 9.15. The lowest BCUT2D eigenvalue weighted by atomic mass is 9.94. The summed E-state index contributed by atoms with van der Waals surface area (Å²) >= 11 is 0. The average molecular weight is 697 g/mol. The van der Waals surface area contributed by atoms with Crippen LogP contribution in [0.5, 0.6) is 0 Å². The number of carbonyl (C=O) groups excluding carboxylic acids is 4. The Morgan fingerprint density at radius 2 is 1.12 bits per heavy atom. The molecule has 0 aromatic rings. The molecular weight excluding hydrogens is 624 g/mol. The maximum Gasteiger partial charge on any atom is 0.306 e. The molecule has 0 spiro atoms. The highest BCUT2D eigenvalue weighted by Gasteiger charge is 2.22. The van der Waals surface area contributed by atoms with Gasteiger partial charge < -0.3 is 25.2 Å². The second-order valence-electron chi connectivity index (χ2n) is 13.6. The summed E-state index contributed by atoms with van der Waals surface area (Å²) in [5, 5.41) is 15.1. The standard InChI is InChI=1S/C39H72N2O8/c1-4-6-7-8-9-10-11-12-13-14-15-16-17-18-19-23-36(43)31-35(39(46)47)24-25-37(44)41-27-28-48-29-30-49-32-38(45)40-26-21-20-22-34(5-2)33(3)42/h34-35H,4-32H2,1-3H3,(H,40,45)(H,41,44)(H,46,47)/t34?,35-/m1/s1. The smallest absolute Gasteiger partial charge is 0.306 e. The molecule has 0 aromatic carbocycles. The van der Waals surface area contributed by atoms with Crippen LogP contribution in [0.4, 0.5) is 0 Å². The van der Waals surface area contributed by atoms with Crippen molar-refractivity contribution in [1.82, 2.24) is 10.6 Å². The van der Waals surface area contributed by atoms with E-state index in [1.54, 1.807) is 6.92 Å². The van der Waals surface area contributed by atoms with Crippen LogP contribution in [0, 0.1) is 11.8 Å². The van der Waals surface area contributed by atoms with Crippen molar-refractivity contribution in [2.45, 2.75) is 168 Å². The zero-order valence-electron chi connectivity index (χ0n) is 31.5. The molecule has 0 saturated heterocycles. The molecule has 2 amide bonds. The second-order valence-corrected chi connectivity index (χ2v) is 13.6. The van der Waals surface area contributed by atoms with E-state index < -0.39 is 11.9 Å². The van der Waals surface area contributed by atoms with Gasteiger partial charge >= 0.3 is 5.97 Å². The van der Waals surface area contributed by atoms with E-state index in [9.17, 15) is 29.1 Å². The van der Waals surface area contributed by atoms with Crippen molar-refractivity contribution in [3.8, 4) is 0 Å². The molecule has 0 heterocycles. The summed E-state index contributed by atoms with van der Waals surface area (Å²) in [6, 6.07) is 0. The van der Waals surface area contributed by atoms with E-state index in [2.05, 4.69) is 17.6 Å². The number of ether oxygens (including phenoxy) is 2. The van der Waals surface area contributed by atoms with Gasteiger partial charge in [-0.15, -0.1) is 0 Å². The number of unbranched alkanes of at least 4 members (excludes halogenated alkanes) is 15. The Kier molecular flexibility index (Phi) is 32.5. The molecule has 0 aromatic heterocycles. The topological polar surface area (TPSA) is 148 Å². The van der Waals surface area contributed by atoms with Crippen LogP contribution < -0.4 is 10.6 Å². The molecule has 10 nitrogen and oxygen atoms in total. The van der Waals surface area contributed by atoms with Gasteiger partial charge in [0.1, 0.15) is 18.2 Å². The fourth-order valence-electron chi connectivity index (χ4n) is 5.91. The lowest BCUT2D eigenvalue weighted by Crippen LogP contribution is -2.30. The predicted octanol–water partition coefficient (Wildman–Crippen LogP) is 7.74. The van der Waals surface area contributed by atoms with Crippen LogP contribution in [0.25, 0.3) is 0 Å². The molecule has 286 valence electrons. The van der Waals surface area contributed by atoms with Gasteiger partial charge in [0.25, 0.3) is 0 Å². The minimum absolute atomic E-state index is 0.0249. The molecule has 0 bridgehead atoms. The van der Waals surface area contributed by atoms with E-state index in [-0.39, 0.29) is 81.5 Å². The van der Waals surface area contributed by atoms with Crippen molar-refractivity contribution in [1.29, 1.82) is 0 Å². The van der Waals surface area contributed by atoms with Crippen LogP contribution in [0.2, 0.25) is 0 Å². The quantitative estimate of drug-likeness (QED) is 0.0559. The number of hydrogen-bond acceptors (Lipinski definition) is 7. The van der Waals surface area contributed by atoms with Crippen LogP contribution >= 0.6 is 0 Å². The van der Waals surface area contributed by atoms with Gasteiger partial charge in [-0.1, -0.05) is 110 Å². The van der Waals surface area contributed by atoms with Gasteiger partial charge in [-0.05, 0) is 39.0 Å². The first-order valence-electron chi connectivity index (χ1n) is 19.6. The van der Waals surface area contributed by atoms with Crippen molar-refractivity contribution in [2.75, 3.05) is 39.5 Å². The first kappa shape index (κ1) is 46.7. The van der Waals surface area contributed by atoms with E-state index in [4.69, 9.17) is 9.47 Å². The number of ketones is 2. The van der Waals surface area contributed by atoms with Crippen molar-refractivity contribution in [2.24, 2.45) is 11.8 Å². The lowest BCUT2D eigenvalue weighted by molar-refractivity contribution is -0.144. The Morgan fingerprint density at radius 3 is 1.67 bits per heavy atom. The molecule has 0 radical (unpaired) electrons. The summed E-state index contributed by atoms with van der Waals surface area (Å²) in [5.41, 5.74) is 0. The van der Waals surface area contributed by atoms with Gasteiger partial charge in [-0.2, -0.15) is 0 Å². The molecule has 3 N–H and O–H groups in total. The largest absolute Gasteiger partial charge is 0.481 e. The minimum Gasteiger partial charge on any atom is -0.481 e. The molecule has 0 aliphatic carbocycles. The summed E-state index contributed by atoms with van der Waals surface area (Å²) in [5.74, 6) is -2.07. The molecular formula is C39H72N2O8. The van der Waals surface area contributed by atoms with Crippen LogP contribution in [0.3, 0.4) is 0 Å². The Labute approximate surface area is 298 Å². The van der Waals surface area contributed by atoms with E-state index in [1.165, 1.54) is 77.0 Å². The number of Topliss-reactive ketones (excluding diaryl/α,β-unsaturated/α-hetero) is 2. The molecule has 0 aliphatic heterocycles. The molecule has 10 heteroatoms. The average Bonchev–Trinajstić information content (AvgIpc) is 3.07. The Balaban J connectivity index is 3.72. The maximum atomic E-state index is 12.4. The van der Waals surface area contributed by atoms with Gasteiger partial charge in [0, 0.05) is 38.3 Å². The lowest BCUT2D eigenvalue weighted by Gasteiger charge is -2.12. The molecule has 0 saturated carbocycles. The summed E-state index contributed by atoms with van der Waals surface area (Å²) in [4.78, 5) is 59.5.